The van der Waals surface area contributed by atoms with Crippen LogP contribution in [-0.4, -0.2) is 25.7 Å². The van der Waals surface area contributed by atoms with Crippen LogP contribution in [0.25, 0.3) is 0 Å². The van der Waals surface area contributed by atoms with Crippen molar-refractivity contribution in [3.05, 3.63) is 29.8 Å². The lowest BCUT2D eigenvalue weighted by molar-refractivity contribution is -0.459. The number of hydrogen-bond acceptors (Lipinski definition) is 3. The number of hydrazone groups is 1. The third-order valence-electron chi connectivity index (χ3n) is 2.97. The van der Waals surface area contributed by atoms with E-state index in [1.54, 1.807) is 7.11 Å². The number of methoxy groups -OCH3 is 1. The summed E-state index contributed by atoms with van der Waals surface area (Å²) in [6.07, 6.45) is 6.64. The number of nitrogens with one attached hydrogen (secondary N) is 2. The lowest BCUT2D eigenvalue weighted by Gasteiger charge is -1.98. The van der Waals surface area contributed by atoms with Gasteiger partial charge >= 0.3 is 0 Å². The van der Waals surface area contributed by atoms with Gasteiger partial charge in [0.25, 0.3) is 5.84 Å². The number of rotatable bonds is 3. The molecule has 1 aliphatic rings. The van der Waals surface area contributed by atoms with Gasteiger partial charge in [-0.15, -0.1) is 0 Å². The summed E-state index contributed by atoms with van der Waals surface area (Å²) in [5, 5.41) is 4.25. The van der Waals surface area contributed by atoms with Crippen molar-refractivity contribution in [2.75, 3.05) is 13.7 Å². The van der Waals surface area contributed by atoms with Gasteiger partial charge in [-0.25, -0.2) is 0 Å². The van der Waals surface area contributed by atoms with E-state index in [4.69, 9.17) is 4.74 Å². The Balaban J connectivity index is 1.87. The predicted octanol–water partition coefficient (Wildman–Crippen LogP) is 0.672. The van der Waals surface area contributed by atoms with Crippen molar-refractivity contribution in [1.29, 1.82) is 0 Å². The summed E-state index contributed by atoms with van der Waals surface area (Å²) in [5.41, 5.74) is 4.14. The van der Waals surface area contributed by atoms with E-state index in [1.165, 1.54) is 19.3 Å². The minimum atomic E-state index is 0.861. The zero-order valence-corrected chi connectivity index (χ0v) is 10.8. The zero-order chi connectivity index (χ0) is 12.6. The third kappa shape index (κ3) is 3.87. The number of amidine groups is 1. The molecule has 0 amide bonds. The molecule has 2 rings (SSSR count). The van der Waals surface area contributed by atoms with Gasteiger partial charge < -0.3 is 4.74 Å². The zero-order valence-electron chi connectivity index (χ0n) is 10.8. The number of nitrogens with zero attached hydrogens (tertiary/aromatic N) is 1. The van der Waals surface area contributed by atoms with Crippen LogP contribution in [-0.2, 0) is 0 Å². The monoisotopic (exact) mass is 246 g/mol. The van der Waals surface area contributed by atoms with Gasteiger partial charge in [0.15, 0.2) is 0 Å². The minimum Gasteiger partial charge on any atom is -0.497 e. The molecule has 0 spiro atoms. The number of hydrogen-bond donors (Lipinski definition) is 2. The maximum Gasteiger partial charge on any atom is 0.267 e. The molecule has 1 aliphatic heterocycles. The summed E-state index contributed by atoms with van der Waals surface area (Å²) in [6.45, 7) is 1.04. The van der Waals surface area contributed by atoms with Crippen LogP contribution < -0.4 is 15.2 Å². The van der Waals surface area contributed by atoms with E-state index in [2.05, 4.69) is 15.5 Å². The smallest absolute Gasteiger partial charge is 0.267 e. The standard InChI is InChI=1S/C14H19N3O/c1-18-13-8-6-12(7-9-13)11-16-17-14-5-3-2-4-10-15-14/h6-9,11H,2-5,10H2,1H3,(H,15,17)/p+1/b16-11+. The van der Waals surface area contributed by atoms with Gasteiger partial charge in [-0.1, -0.05) is 5.10 Å². The van der Waals surface area contributed by atoms with Crippen LogP contribution in [0.2, 0.25) is 0 Å². The van der Waals surface area contributed by atoms with E-state index in [9.17, 15) is 0 Å². The Labute approximate surface area is 108 Å². The quantitative estimate of drug-likeness (QED) is 0.608. The molecule has 0 unspecified atom stereocenters. The van der Waals surface area contributed by atoms with Crippen LogP contribution in [0.5, 0.6) is 5.75 Å². The molecule has 4 heteroatoms. The highest BCUT2D eigenvalue weighted by Gasteiger charge is 2.07. The molecule has 1 aromatic rings. The van der Waals surface area contributed by atoms with Gasteiger partial charge in [0.1, 0.15) is 5.75 Å². The average molecular weight is 246 g/mol. The normalized spacial score (nSPS) is 16.2. The molecule has 18 heavy (non-hydrogen) atoms. The van der Waals surface area contributed by atoms with Gasteiger partial charge in [-0.05, 0) is 49.1 Å². The van der Waals surface area contributed by atoms with Crippen molar-refractivity contribution in [3.63, 3.8) is 0 Å². The van der Waals surface area contributed by atoms with Crippen LogP contribution in [0.15, 0.2) is 29.4 Å². The summed E-state index contributed by atoms with van der Waals surface area (Å²) >= 11 is 0. The topological polar surface area (TPSA) is 47.6 Å². The molecule has 0 saturated heterocycles. The molecular formula is C14H20N3O+. The van der Waals surface area contributed by atoms with Crippen molar-refractivity contribution < 1.29 is 9.73 Å². The molecule has 96 valence electrons. The Morgan fingerprint density at radius 2 is 2.06 bits per heavy atom. The number of ether oxygens (including phenoxy) is 1. The largest absolute Gasteiger partial charge is 0.497 e. The lowest BCUT2D eigenvalue weighted by atomic mass is 10.2. The van der Waals surface area contributed by atoms with Crippen LogP contribution >= 0.6 is 0 Å². The molecule has 1 heterocycles. The molecule has 0 atom stereocenters. The van der Waals surface area contributed by atoms with Gasteiger partial charge in [-0.2, -0.15) is 5.43 Å². The van der Waals surface area contributed by atoms with Crippen LogP contribution in [0.1, 0.15) is 31.2 Å². The Morgan fingerprint density at radius 1 is 1.22 bits per heavy atom. The molecule has 2 N–H and O–H groups in total. The van der Waals surface area contributed by atoms with Crippen LogP contribution in [0.3, 0.4) is 0 Å². The molecule has 0 fully saturated rings. The van der Waals surface area contributed by atoms with Crippen molar-refractivity contribution in [1.82, 2.24) is 5.43 Å². The Morgan fingerprint density at radius 3 is 2.83 bits per heavy atom. The second-order valence-electron chi connectivity index (χ2n) is 4.36. The maximum atomic E-state index is 5.11. The summed E-state index contributed by atoms with van der Waals surface area (Å²) in [7, 11) is 1.67. The summed E-state index contributed by atoms with van der Waals surface area (Å²) in [4.78, 5) is 3.36. The van der Waals surface area contributed by atoms with Crippen molar-refractivity contribution >= 4 is 12.1 Å². The van der Waals surface area contributed by atoms with E-state index in [0.717, 1.165) is 30.1 Å². The highest BCUT2D eigenvalue weighted by molar-refractivity contribution is 5.82. The van der Waals surface area contributed by atoms with Crippen molar-refractivity contribution in [2.45, 2.75) is 25.7 Å². The number of benzene rings is 1. The minimum absolute atomic E-state index is 0.861. The Kier molecular flexibility index (Phi) is 4.76. The first-order chi connectivity index (χ1) is 8.88. The summed E-state index contributed by atoms with van der Waals surface area (Å²) in [5.74, 6) is 1.98. The van der Waals surface area contributed by atoms with Crippen LogP contribution in [0.4, 0.5) is 0 Å². The molecule has 4 nitrogen and oxygen atoms in total. The fourth-order valence-corrected chi connectivity index (χ4v) is 1.90. The molecule has 0 radical (unpaired) electrons. The van der Waals surface area contributed by atoms with Gasteiger partial charge in [0.2, 0.25) is 0 Å². The first-order valence-electron chi connectivity index (χ1n) is 6.41. The fourth-order valence-electron chi connectivity index (χ4n) is 1.90. The first-order valence-corrected chi connectivity index (χ1v) is 6.41. The van der Waals surface area contributed by atoms with E-state index >= 15 is 0 Å². The maximum absolute atomic E-state index is 5.11. The van der Waals surface area contributed by atoms with Gasteiger partial charge in [0.05, 0.1) is 26.3 Å². The Hall–Kier alpha value is -1.84. The fraction of sp³-hybridized carbons (Fsp3) is 0.429. The lowest BCUT2D eigenvalue weighted by Crippen LogP contribution is -2.75. The van der Waals surface area contributed by atoms with Crippen molar-refractivity contribution in [3.8, 4) is 5.75 Å². The second-order valence-corrected chi connectivity index (χ2v) is 4.36. The van der Waals surface area contributed by atoms with Crippen LogP contribution in [0, 0.1) is 0 Å². The first kappa shape index (κ1) is 12.6. The molecule has 0 bridgehead atoms. The summed E-state index contributed by atoms with van der Waals surface area (Å²) < 4.78 is 5.11. The summed E-state index contributed by atoms with van der Waals surface area (Å²) in [6, 6.07) is 7.82. The van der Waals surface area contributed by atoms with E-state index < -0.39 is 0 Å². The predicted molar refractivity (Wildman–Crippen MR) is 73.0 cm³/mol. The van der Waals surface area contributed by atoms with Gasteiger partial charge in [-0.3, -0.25) is 4.99 Å². The molecule has 0 saturated carbocycles. The van der Waals surface area contributed by atoms with E-state index in [-0.39, 0.29) is 0 Å². The highest BCUT2D eigenvalue weighted by Crippen LogP contribution is 2.09. The molecular weight excluding hydrogens is 226 g/mol. The molecule has 0 aromatic heterocycles. The second kappa shape index (κ2) is 6.79. The SMILES string of the molecule is COc1ccc(/C=N/NC2=[NH+]CCCCC2)cc1. The molecule has 1 aromatic carbocycles. The average Bonchev–Trinajstić information content (AvgIpc) is 2.68. The van der Waals surface area contributed by atoms with Crippen molar-refractivity contribution in [2.24, 2.45) is 5.10 Å². The highest BCUT2D eigenvalue weighted by atomic mass is 16.5. The third-order valence-corrected chi connectivity index (χ3v) is 2.97. The van der Waals surface area contributed by atoms with E-state index in [1.807, 2.05) is 30.5 Å². The Bertz CT molecular complexity index is 423. The van der Waals surface area contributed by atoms with Gasteiger partial charge in [0, 0.05) is 0 Å². The van der Waals surface area contributed by atoms with E-state index in [0.29, 0.717) is 0 Å². The molecule has 0 aliphatic carbocycles.